The van der Waals surface area contributed by atoms with E-state index in [0.29, 0.717) is 11.4 Å². The first-order chi connectivity index (χ1) is 8.10. The summed E-state index contributed by atoms with van der Waals surface area (Å²) < 4.78 is 25.9. The molecule has 1 rings (SSSR count). The van der Waals surface area contributed by atoms with Crippen molar-refractivity contribution in [3.63, 3.8) is 0 Å². The molecule has 0 aliphatic heterocycles. The second-order valence-electron chi connectivity index (χ2n) is 3.11. The molecular weight excluding hydrogens is 260 g/mol. The van der Waals surface area contributed by atoms with E-state index in [1.165, 1.54) is 24.3 Å². The Morgan fingerprint density at radius 1 is 1.29 bits per heavy atom. The van der Waals surface area contributed by atoms with Gasteiger partial charge in [0.25, 0.3) is 0 Å². The molecule has 4 nitrogen and oxygen atoms in total. The zero-order chi connectivity index (χ0) is 12.7. The molecule has 0 fully saturated rings. The van der Waals surface area contributed by atoms with E-state index >= 15 is 0 Å². The standard InChI is InChI=1S/C11H11ClN2O2S/c12-7-1-2-8-14-17(15,16)11-5-3-10(9-13)4-6-11/h1-6,14H,7-8H2/b2-1+. The Balaban J connectivity index is 2.76. The molecule has 0 atom stereocenters. The number of hydrogen-bond acceptors (Lipinski definition) is 3. The second-order valence-corrected chi connectivity index (χ2v) is 5.19. The highest BCUT2D eigenvalue weighted by atomic mass is 35.5. The fraction of sp³-hybridized carbons (Fsp3) is 0.182. The van der Waals surface area contributed by atoms with Gasteiger partial charge in [0.1, 0.15) is 0 Å². The molecule has 1 aromatic carbocycles. The van der Waals surface area contributed by atoms with Gasteiger partial charge in [-0.3, -0.25) is 0 Å². The predicted molar refractivity (Wildman–Crippen MR) is 66.2 cm³/mol. The summed E-state index contributed by atoms with van der Waals surface area (Å²) in [4.78, 5) is 0.135. The zero-order valence-corrected chi connectivity index (χ0v) is 10.5. The molecule has 0 aliphatic carbocycles. The minimum Gasteiger partial charge on any atom is -0.207 e. The van der Waals surface area contributed by atoms with Gasteiger partial charge in [-0.25, -0.2) is 13.1 Å². The molecule has 0 spiro atoms. The third-order valence-electron chi connectivity index (χ3n) is 1.94. The van der Waals surface area contributed by atoms with Crippen LogP contribution >= 0.6 is 11.6 Å². The van der Waals surface area contributed by atoms with Crippen molar-refractivity contribution in [3.8, 4) is 6.07 Å². The second kappa shape index (κ2) is 6.40. The molecule has 1 aromatic rings. The summed E-state index contributed by atoms with van der Waals surface area (Å²) in [5.74, 6) is 0.346. The largest absolute Gasteiger partial charge is 0.240 e. The Morgan fingerprint density at radius 3 is 2.47 bits per heavy atom. The number of allylic oxidation sites excluding steroid dienone is 1. The number of alkyl halides is 1. The van der Waals surface area contributed by atoms with E-state index in [2.05, 4.69) is 4.72 Å². The average molecular weight is 271 g/mol. The van der Waals surface area contributed by atoms with E-state index in [-0.39, 0.29) is 11.4 Å². The van der Waals surface area contributed by atoms with Crippen molar-refractivity contribution in [3.05, 3.63) is 42.0 Å². The number of sulfonamides is 1. The first-order valence-corrected chi connectivity index (χ1v) is 6.82. The summed E-state index contributed by atoms with van der Waals surface area (Å²) in [6.07, 6.45) is 3.29. The minimum atomic E-state index is -3.52. The summed E-state index contributed by atoms with van der Waals surface area (Å²) >= 11 is 5.41. The molecule has 0 unspecified atom stereocenters. The number of nitrogens with one attached hydrogen (secondary N) is 1. The van der Waals surface area contributed by atoms with E-state index in [9.17, 15) is 8.42 Å². The SMILES string of the molecule is N#Cc1ccc(S(=O)(=O)NC/C=C/CCl)cc1. The number of nitriles is 1. The summed E-state index contributed by atoms with van der Waals surface area (Å²) in [5.41, 5.74) is 0.422. The van der Waals surface area contributed by atoms with Crippen molar-refractivity contribution in [2.75, 3.05) is 12.4 Å². The number of hydrogen-bond donors (Lipinski definition) is 1. The first kappa shape index (κ1) is 13.7. The van der Waals surface area contributed by atoms with Crippen molar-refractivity contribution in [2.45, 2.75) is 4.90 Å². The molecule has 0 saturated heterocycles. The molecule has 0 bridgehead atoms. The van der Waals surface area contributed by atoms with Crippen LogP contribution in [0.25, 0.3) is 0 Å². The van der Waals surface area contributed by atoms with Crippen LogP contribution in [-0.2, 0) is 10.0 Å². The highest BCUT2D eigenvalue weighted by molar-refractivity contribution is 7.89. The third-order valence-corrected chi connectivity index (χ3v) is 3.56. The summed E-state index contributed by atoms with van der Waals surface area (Å²) in [6, 6.07) is 7.64. The van der Waals surface area contributed by atoms with Crippen LogP contribution < -0.4 is 4.72 Å². The molecule has 0 saturated carbocycles. The molecule has 17 heavy (non-hydrogen) atoms. The Hall–Kier alpha value is -1.35. The lowest BCUT2D eigenvalue weighted by atomic mass is 10.2. The van der Waals surface area contributed by atoms with Crippen LogP contribution in [0.5, 0.6) is 0 Å². The monoisotopic (exact) mass is 270 g/mol. The molecule has 0 heterocycles. The van der Waals surface area contributed by atoms with Crippen LogP contribution in [-0.4, -0.2) is 20.8 Å². The van der Waals surface area contributed by atoms with Crippen molar-refractivity contribution in [1.82, 2.24) is 4.72 Å². The van der Waals surface area contributed by atoms with E-state index in [4.69, 9.17) is 16.9 Å². The van der Waals surface area contributed by atoms with Gasteiger partial charge in [0.2, 0.25) is 10.0 Å². The first-order valence-electron chi connectivity index (χ1n) is 4.81. The Morgan fingerprint density at radius 2 is 1.94 bits per heavy atom. The van der Waals surface area contributed by atoms with Gasteiger partial charge in [0, 0.05) is 12.4 Å². The summed E-state index contributed by atoms with van der Waals surface area (Å²) in [7, 11) is -3.52. The third kappa shape index (κ3) is 4.19. The van der Waals surface area contributed by atoms with Crippen LogP contribution in [0, 0.1) is 11.3 Å². The maximum absolute atomic E-state index is 11.7. The Labute approximate surface area is 106 Å². The quantitative estimate of drug-likeness (QED) is 0.653. The van der Waals surface area contributed by atoms with Gasteiger partial charge in [-0.1, -0.05) is 12.2 Å². The van der Waals surface area contributed by atoms with Gasteiger partial charge in [0.15, 0.2) is 0 Å². The van der Waals surface area contributed by atoms with Crippen molar-refractivity contribution >= 4 is 21.6 Å². The van der Waals surface area contributed by atoms with E-state index in [1.807, 2.05) is 6.07 Å². The predicted octanol–water partition coefficient (Wildman–Crippen LogP) is 1.63. The van der Waals surface area contributed by atoms with Gasteiger partial charge >= 0.3 is 0 Å². The Kier molecular flexibility index (Phi) is 5.16. The molecule has 0 aliphatic rings. The maximum atomic E-state index is 11.7. The van der Waals surface area contributed by atoms with Crippen LogP contribution in [0.3, 0.4) is 0 Å². The van der Waals surface area contributed by atoms with Crippen molar-refractivity contribution in [2.24, 2.45) is 0 Å². The zero-order valence-electron chi connectivity index (χ0n) is 8.93. The smallest absolute Gasteiger partial charge is 0.207 e. The van der Waals surface area contributed by atoms with E-state index in [0.717, 1.165) is 0 Å². The molecule has 0 radical (unpaired) electrons. The van der Waals surface area contributed by atoms with Crippen LogP contribution in [0.4, 0.5) is 0 Å². The van der Waals surface area contributed by atoms with Gasteiger partial charge in [-0.05, 0) is 24.3 Å². The number of benzene rings is 1. The van der Waals surface area contributed by atoms with E-state index < -0.39 is 10.0 Å². The molecular formula is C11H11ClN2O2S. The van der Waals surface area contributed by atoms with Crippen LogP contribution in [0.2, 0.25) is 0 Å². The normalized spacial score (nSPS) is 11.5. The molecule has 0 amide bonds. The Bertz CT molecular complexity index is 530. The van der Waals surface area contributed by atoms with Crippen LogP contribution in [0.1, 0.15) is 5.56 Å². The number of nitrogens with zero attached hydrogens (tertiary/aromatic N) is 1. The number of rotatable bonds is 5. The maximum Gasteiger partial charge on any atom is 0.240 e. The van der Waals surface area contributed by atoms with Crippen LogP contribution in [0.15, 0.2) is 41.3 Å². The number of halogens is 1. The molecule has 0 aromatic heterocycles. The van der Waals surface area contributed by atoms with Crippen molar-refractivity contribution in [1.29, 1.82) is 5.26 Å². The average Bonchev–Trinajstić information content (AvgIpc) is 2.35. The fourth-order valence-corrected chi connectivity index (χ4v) is 2.20. The fourth-order valence-electron chi connectivity index (χ4n) is 1.10. The van der Waals surface area contributed by atoms with Gasteiger partial charge in [0.05, 0.1) is 16.5 Å². The lowest BCUT2D eigenvalue weighted by molar-refractivity contribution is 0.585. The molecule has 1 N–H and O–H groups in total. The van der Waals surface area contributed by atoms with Gasteiger partial charge < -0.3 is 0 Å². The lowest BCUT2D eigenvalue weighted by Gasteiger charge is -2.04. The highest BCUT2D eigenvalue weighted by Gasteiger charge is 2.11. The van der Waals surface area contributed by atoms with E-state index in [1.54, 1.807) is 12.2 Å². The molecule has 90 valence electrons. The van der Waals surface area contributed by atoms with Gasteiger partial charge in [-0.15, -0.1) is 11.6 Å². The summed E-state index contributed by atoms with van der Waals surface area (Å²) in [5, 5.41) is 8.60. The minimum absolute atomic E-state index is 0.135. The molecule has 6 heteroatoms. The highest BCUT2D eigenvalue weighted by Crippen LogP contribution is 2.09. The topological polar surface area (TPSA) is 70.0 Å². The lowest BCUT2D eigenvalue weighted by Crippen LogP contribution is -2.23. The van der Waals surface area contributed by atoms with Gasteiger partial charge in [-0.2, -0.15) is 5.26 Å². The summed E-state index contributed by atoms with van der Waals surface area (Å²) in [6.45, 7) is 0.190. The van der Waals surface area contributed by atoms with Crippen molar-refractivity contribution < 1.29 is 8.42 Å².